The fourth-order valence-corrected chi connectivity index (χ4v) is 3.55. The highest BCUT2D eigenvalue weighted by Gasteiger charge is 2.14. The van der Waals surface area contributed by atoms with Crippen molar-refractivity contribution < 1.29 is 4.79 Å². The summed E-state index contributed by atoms with van der Waals surface area (Å²) in [5, 5.41) is 17.0. The second-order valence-corrected chi connectivity index (χ2v) is 7.05. The molecule has 0 radical (unpaired) electrons. The van der Waals surface area contributed by atoms with E-state index >= 15 is 0 Å². The second kappa shape index (κ2) is 7.53. The number of hydrogen-bond donors (Lipinski definition) is 2. The number of amides is 2. The fraction of sp³-hybridized carbons (Fsp3) is 0.211. The van der Waals surface area contributed by atoms with E-state index in [2.05, 4.69) is 25.7 Å². The van der Waals surface area contributed by atoms with E-state index in [4.69, 9.17) is 0 Å². The number of urea groups is 1. The molecule has 6 nitrogen and oxygen atoms in total. The Bertz CT molecular complexity index is 856. The van der Waals surface area contributed by atoms with Crippen LogP contribution in [-0.2, 0) is 0 Å². The maximum absolute atomic E-state index is 12.0. The second-order valence-electron chi connectivity index (χ2n) is 6.10. The smallest absolute Gasteiger partial charge is 0.324 e. The van der Waals surface area contributed by atoms with Crippen LogP contribution in [0.3, 0.4) is 0 Å². The zero-order chi connectivity index (χ0) is 17.8. The van der Waals surface area contributed by atoms with Gasteiger partial charge in [-0.15, -0.1) is 21.5 Å². The average Bonchev–Trinajstić information content (AvgIpc) is 3.36. The summed E-state index contributed by atoms with van der Waals surface area (Å²) in [6.45, 7) is 2.11. The number of benzene rings is 1. The van der Waals surface area contributed by atoms with E-state index in [1.165, 1.54) is 24.2 Å². The zero-order valence-electron chi connectivity index (χ0n) is 14.2. The normalized spacial score (nSPS) is 13.6. The third-order valence-electron chi connectivity index (χ3n) is 4.28. The third-order valence-corrected chi connectivity index (χ3v) is 5.06. The Morgan fingerprint density at radius 3 is 2.42 bits per heavy atom. The molecular formula is C19H19N5OS. The molecule has 26 heavy (non-hydrogen) atoms. The monoisotopic (exact) mass is 365 g/mol. The number of anilines is 3. The lowest BCUT2D eigenvalue weighted by Gasteiger charge is -2.15. The molecular weight excluding hydrogens is 346 g/mol. The Kier molecular flexibility index (Phi) is 4.79. The quantitative estimate of drug-likeness (QED) is 0.717. The molecule has 132 valence electrons. The Morgan fingerprint density at radius 2 is 1.77 bits per heavy atom. The lowest BCUT2D eigenvalue weighted by atomic mass is 10.1. The van der Waals surface area contributed by atoms with Crippen LogP contribution in [0.15, 0.2) is 53.9 Å². The Morgan fingerprint density at radius 1 is 0.962 bits per heavy atom. The van der Waals surface area contributed by atoms with Gasteiger partial charge in [0.1, 0.15) is 0 Å². The topological polar surface area (TPSA) is 70.2 Å². The van der Waals surface area contributed by atoms with Crippen molar-refractivity contribution in [2.75, 3.05) is 28.6 Å². The molecule has 2 amide bonds. The van der Waals surface area contributed by atoms with Gasteiger partial charge in [0.2, 0.25) is 0 Å². The molecule has 2 aromatic heterocycles. The number of rotatable bonds is 4. The van der Waals surface area contributed by atoms with Gasteiger partial charge >= 0.3 is 6.03 Å². The number of carbonyl (C=O) groups is 1. The first-order chi connectivity index (χ1) is 12.8. The van der Waals surface area contributed by atoms with Crippen molar-refractivity contribution in [1.29, 1.82) is 0 Å². The van der Waals surface area contributed by atoms with Gasteiger partial charge in [-0.3, -0.25) is 5.32 Å². The largest absolute Gasteiger partial charge is 0.355 e. The third kappa shape index (κ3) is 3.83. The van der Waals surface area contributed by atoms with Crippen molar-refractivity contribution >= 4 is 33.9 Å². The number of hydrogen-bond acceptors (Lipinski definition) is 5. The average molecular weight is 365 g/mol. The van der Waals surface area contributed by atoms with Crippen molar-refractivity contribution in [1.82, 2.24) is 10.2 Å². The summed E-state index contributed by atoms with van der Waals surface area (Å²) in [5.74, 6) is 0.940. The molecule has 0 unspecified atom stereocenters. The summed E-state index contributed by atoms with van der Waals surface area (Å²) in [6.07, 6.45) is 2.44. The summed E-state index contributed by atoms with van der Waals surface area (Å²) in [6, 6.07) is 15.1. The molecule has 1 aromatic carbocycles. The number of carbonyl (C=O) groups excluding carboxylic acids is 1. The van der Waals surface area contributed by atoms with Crippen molar-refractivity contribution in [2.24, 2.45) is 0 Å². The van der Waals surface area contributed by atoms with E-state index in [9.17, 15) is 4.79 Å². The molecule has 0 aliphatic carbocycles. The predicted octanol–water partition coefficient (Wildman–Crippen LogP) is 4.45. The van der Waals surface area contributed by atoms with Crippen molar-refractivity contribution in [3.8, 4) is 11.3 Å². The van der Waals surface area contributed by atoms with E-state index in [0.29, 0.717) is 0 Å². The van der Waals surface area contributed by atoms with Crippen LogP contribution < -0.4 is 15.5 Å². The lowest BCUT2D eigenvalue weighted by molar-refractivity contribution is 0.262. The first-order valence-electron chi connectivity index (χ1n) is 8.58. The number of nitrogens with zero attached hydrogens (tertiary/aromatic N) is 3. The van der Waals surface area contributed by atoms with Crippen molar-refractivity contribution in [3.63, 3.8) is 0 Å². The van der Waals surface area contributed by atoms with Crippen LogP contribution in [0.25, 0.3) is 11.3 Å². The highest BCUT2D eigenvalue weighted by atomic mass is 32.1. The minimum Gasteiger partial charge on any atom is -0.355 e. The summed E-state index contributed by atoms with van der Waals surface area (Å²) < 4.78 is 0. The van der Waals surface area contributed by atoms with Gasteiger partial charge in [0.25, 0.3) is 0 Å². The van der Waals surface area contributed by atoms with Crippen LogP contribution in [-0.4, -0.2) is 29.3 Å². The Hall–Kier alpha value is -2.93. The Labute approximate surface area is 155 Å². The summed E-state index contributed by atoms with van der Waals surface area (Å²) in [5.41, 5.74) is 2.52. The lowest BCUT2D eigenvalue weighted by Crippen LogP contribution is -2.19. The highest BCUT2D eigenvalue weighted by molar-refractivity contribution is 7.14. The van der Waals surface area contributed by atoms with E-state index in [0.717, 1.165) is 40.9 Å². The summed E-state index contributed by atoms with van der Waals surface area (Å²) in [4.78, 5) is 14.2. The molecule has 3 heterocycles. The van der Waals surface area contributed by atoms with E-state index in [-0.39, 0.29) is 6.03 Å². The fourth-order valence-electron chi connectivity index (χ4n) is 2.94. The van der Waals surface area contributed by atoms with Crippen molar-refractivity contribution in [3.05, 3.63) is 53.9 Å². The number of aromatic nitrogens is 2. The molecule has 0 bridgehead atoms. The molecule has 0 saturated carbocycles. The molecule has 3 aromatic rings. The van der Waals surface area contributed by atoms with Gasteiger partial charge in [-0.25, -0.2) is 4.79 Å². The minimum absolute atomic E-state index is 0.255. The number of thiophene rings is 1. The molecule has 4 rings (SSSR count). The van der Waals surface area contributed by atoms with Gasteiger partial charge in [-0.05, 0) is 54.6 Å². The van der Waals surface area contributed by atoms with Gasteiger partial charge in [0, 0.05) is 24.3 Å². The van der Waals surface area contributed by atoms with Crippen LogP contribution >= 0.6 is 11.3 Å². The minimum atomic E-state index is -0.255. The maximum Gasteiger partial charge on any atom is 0.324 e. The number of nitrogens with one attached hydrogen (secondary N) is 2. The van der Waals surface area contributed by atoms with Crippen LogP contribution in [0.5, 0.6) is 0 Å². The van der Waals surface area contributed by atoms with Crippen LogP contribution in [0.4, 0.5) is 21.3 Å². The molecule has 0 spiro atoms. The SMILES string of the molecule is O=C(Nc1ccc(-c2ccc(N3CCCC3)nn2)cc1)Nc1cccs1. The molecule has 1 aliphatic heterocycles. The van der Waals surface area contributed by atoms with E-state index < -0.39 is 0 Å². The predicted molar refractivity (Wildman–Crippen MR) is 106 cm³/mol. The maximum atomic E-state index is 12.0. The zero-order valence-corrected chi connectivity index (χ0v) is 15.0. The van der Waals surface area contributed by atoms with Crippen LogP contribution in [0.2, 0.25) is 0 Å². The molecule has 1 aliphatic rings. The first kappa shape index (κ1) is 16.5. The standard InChI is InChI=1S/C19H19N5OS/c25-19(21-18-4-3-13-26-18)20-15-7-5-14(6-8-15)16-9-10-17(23-22-16)24-11-1-2-12-24/h3-10,13H,1-2,11-12H2,(H2,20,21,25). The van der Waals surface area contributed by atoms with Crippen molar-refractivity contribution in [2.45, 2.75) is 12.8 Å². The molecule has 2 N–H and O–H groups in total. The van der Waals surface area contributed by atoms with Gasteiger partial charge < -0.3 is 10.2 Å². The van der Waals surface area contributed by atoms with E-state index in [1.807, 2.05) is 53.9 Å². The molecule has 0 atom stereocenters. The first-order valence-corrected chi connectivity index (χ1v) is 9.46. The molecule has 7 heteroatoms. The van der Waals surface area contributed by atoms with Gasteiger partial charge in [0.05, 0.1) is 10.7 Å². The van der Waals surface area contributed by atoms with Gasteiger partial charge in [-0.1, -0.05) is 12.1 Å². The Balaban J connectivity index is 1.39. The molecule has 1 fully saturated rings. The van der Waals surface area contributed by atoms with Crippen LogP contribution in [0, 0.1) is 0 Å². The van der Waals surface area contributed by atoms with E-state index in [1.54, 1.807) is 0 Å². The van der Waals surface area contributed by atoms with Crippen LogP contribution in [0.1, 0.15) is 12.8 Å². The molecule has 1 saturated heterocycles. The summed E-state index contributed by atoms with van der Waals surface area (Å²) in [7, 11) is 0. The highest BCUT2D eigenvalue weighted by Crippen LogP contribution is 2.22. The van der Waals surface area contributed by atoms with Gasteiger partial charge in [0.15, 0.2) is 5.82 Å². The summed E-state index contributed by atoms with van der Waals surface area (Å²) >= 11 is 1.48. The van der Waals surface area contributed by atoms with Gasteiger partial charge in [-0.2, -0.15) is 0 Å².